The summed E-state index contributed by atoms with van der Waals surface area (Å²) in [5.74, 6) is -8.07. The van der Waals surface area contributed by atoms with Gasteiger partial charge in [0.1, 0.15) is 12.2 Å². The molecule has 3 aliphatic carbocycles. The Bertz CT molecular complexity index is 1680. The van der Waals surface area contributed by atoms with Gasteiger partial charge in [-0.3, -0.25) is 14.4 Å². The van der Waals surface area contributed by atoms with Crippen molar-refractivity contribution < 1.29 is 67.1 Å². The molecule has 1 saturated heterocycles. The number of aliphatic hydroxyl groups is 2. The number of methoxy groups -OCH3 is 1. The van der Waals surface area contributed by atoms with E-state index in [0.29, 0.717) is 5.56 Å². The lowest BCUT2D eigenvalue weighted by atomic mass is 9.38. The molecule has 1 aromatic heterocycles. The number of ether oxygens (including phenoxy) is 5. The Labute approximate surface area is 289 Å². The van der Waals surface area contributed by atoms with Gasteiger partial charge in [-0.05, 0) is 49.8 Å². The molecule has 2 saturated carbocycles. The summed E-state index contributed by atoms with van der Waals surface area (Å²) >= 11 is 0. The lowest BCUT2D eigenvalue weighted by Gasteiger charge is -2.67. The van der Waals surface area contributed by atoms with E-state index in [2.05, 4.69) is 0 Å². The molecule has 50 heavy (non-hydrogen) atoms. The highest BCUT2D eigenvalue weighted by Crippen LogP contribution is 2.69. The second kappa shape index (κ2) is 12.5. The fourth-order valence-electron chi connectivity index (χ4n) is 9.42. The van der Waals surface area contributed by atoms with Gasteiger partial charge in [-0.1, -0.05) is 33.8 Å². The molecule has 14 nitrogen and oxygen atoms in total. The van der Waals surface area contributed by atoms with Crippen molar-refractivity contribution in [3.63, 3.8) is 0 Å². The van der Waals surface area contributed by atoms with Gasteiger partial charge >= 0.3 is 29.8 Å². The second-order valence-electron chi connectivity index (χ2n) is 14.7. The van der Waals surface area contributed by atoms with E-state index in [1.54, 1.807) is 33.8 Å². The van der Waals surface area contributed by atoms with Crippen molar-refractivity contribution in [3.05, 3.63) is 47.0 Å². The van der Waals surface area contributed by atoms with Crippen LogP contribution in [-0.2, 0) is 52.5 Å². The zero-order valence-electron chi connectivity index (χ0n) is 29.6. The molecule has 3 fully saturated rings. The summed E-state index contributed by atoms with van der Waals surface area (Å²) < 4.78 is 33.6. The number of furan rings is 1. The molecule has 4 aliphatic rings. The zero-order chi connectivity index (χ0) is 37.3. The number of esters is 5. The molecule has 0 spiro atoms. The number of hydrogen-bond acceptors (Lipinski definition) is 14. The first-order chi connectivity index (χ1) is 23.2. The minimum Gasteiger partial charge on any atom is -0.472 e. The van der Waals surface area contributed by atoms with Gasteiger partial charge in [0.15, 0.2) is 18.0 Å². The molecule has 1 aromatic rings. The monoisotopic (exact) mass is 700 g/mol. The van der Waals surface area contributed by atoms with E-state index in [0.717, 1.165) is 21.0 Å². The number of cyclic esters (lactones) is 1. The molecule has 5 rings (SSSR count). The normalized spacial score (nSPS) is 36.7. The maximum absolute atomic E-state index is 15.2. The summed E-state index contributed by atoms with van der Waals surface area (Å²) in [5, 5.41) is 24.7. The van der Waals surface area contributed by atoms with Crippen LogP contribution in [0.15, 0.2) is 45.8 Å². The molecule has 0 aromatic carbocycles. The van der Waals surface area contributed by atoms with Crippen LogP contribution in [0.3, 0.4) is 0 Å². The van der Waals surface area contributed by atoms with E-state index in [9.17, 15) is 34.2 Å². The van der Waals surface area contributed by atoms with Gasteiger partial charge in [0, 0.05) is 47.1 Å². The number of ketones is 1. The molecule has 2 N–H and O–H groups in total. The van der Waals surface area contributed by atoms with Crippen molar-refractivity contribution in [2.24, 2.45) is 28.1 Å². The Morgan fingerprint density at radius 1 is 1.04 bits per heavy atom. The summed E-state index contributed by atoms with van der Waals surface area (Å²) in [7, 11) is 1.08. The van der Waals surface area contributed by atoms with E-state index in [-0.39, 0.29) is 29.6 Å². The summed E-state index contributed by atoms with van der Waals surface area (Å²) in [6.45, 7) is 11.5. The highest BCUT2D eigenvalue weighted by atomic mass is 16.6. The largest absolute Gasteiger partial charge is 0.472 e. The van der Waals surface area contributed by atoms with Gasteiger partial charge in [-0.2, -0.15) is 0 Å². The Balaban J connectivity index is 1.92. The molecular formula is C36H44O14. The van der Waals surface area contributed by atoms with E-state index in [1.807, 2.05) is 0 Å². The molecule has 272 valence electrons. The fraction of sp³-hybridized carbons (Fsp3) is 0.611. The molecule has 0 radical (unpaired) electrons. The van der Waals surface area contributed by atoms with Gasteiger partial charge in [0.2, 0.25) is 11.7 Å². The van der Waals surface area contributed by atoms with Crippen molar-refractivity contribution in [3.8, 4) is 0 Å². The molecule has 1 aliphatic heterocycles. The van der Waals surface area contributed by atoms with Crippen LogP contribution in [0, 0.1) is 28.1 Å². The van der Waals surface area contributed by atoms with Gasteiger partial charge < -0.3 is 38.3 Å². The average molecular weight is 701 g/mol. The lowest BCUT2D eigenvalue weighted by Crippen LogP contribution is -2.81. The van der Waals surface area contributed by atoms with Gasteiger partial charge in [0.05, 0.1) is 19.6 Å². The third-order valence-corrected chi connectivity index (χ3v) is 11.5. The molecule has 14 heteroatoms. The predicted molar refractivity (Wildman–Crippen MR) is 169 cm³/mol. The Morgan fingerprint density at radius 2 is 1.70 bits per heavy atom. The van der Waals surface area contributed by atoms with Crippen LogP contribution < -0.4 is 0 Å². The number of aliphatic hydroxyl groups excluding tert-OH is 1. The maximum Gasteiger partial charge on any atom is 0.347 e. The van der Waals surface area contributed by atoms with Crippen LogP contribution in [0.25, 0.3) is 0 Å². The number of allylic oxidation sites excluding steroid dienone is 1. The van der Waals surface area contributed by atoms with E-state index in [1.165, 1.54) is 32.4 Å². The number of rotatable bonds is 7. The highest BCUT2D eigenvalue weighted by Gasteiger charge is 2.80. The van der Waals surface area contributed by atoms with Crippen LogP contribution in [0.4, 0.5) is 0 Å². The van der Waals surface area contributed by atoms with Crippen molar-refractivity contribution in [2.75, 3.05) is 7.11 Å². The van der Waals surface area contributed by atoms with Gasteiger partial charge in [0.25, 0.3) is 0 Å². The van der Waals surface area contributed by atoms with Crippen LogP contribution in [-0.4, -0.2) is 83.0 Å². The molecular weight excluding hydrogens is 656 g/mol. The first kappa shape index (κ1) is 37.0. The van der Waals surface area contributed by atoms with E-state index < -0.39 is 99.8 Å². The number of Topliss-reactive ketones (excluding diaryl/α,β-unsaturated/α-hetero) is 1. The summed E-state index contributed by atoms with van der Waals surface area (Å²) in [5.41, 5.74) is -6.79. The Morgan fingerprint density at radius 3 is 2.24 bits per heavy atom. The van der Waals surface area contributed by atoms with Crippen molar-refractivity contribution >= 4 is 35.6 Å². The van der Waals surface area contributed by atoms with Crippen LogP contribution in [0.2, 0.25) is 0 Å². The first-order valence-electron chi connectivity index (χ1n) is 16.4. The smallest absolute Gasteiger partial charge is 0.347 e. The summed E-state index contributed by atoms with van der Waals surface area (Å²) in [6.07, 6.45) is -3.83. The highest BCUT2D eigenvalue weighted by molar-refractivity contribution is 6.00. The van der Waals surface area contributed by atoms with E-state index >= 15 is 4.79 Å². The topological polar surface area (TPSA) is 202 Å². The minimum atomic E-state index is -2.84. The van der Waals surface area contributed by atoms with Crippen molar-refractivity contribution in [2.45, 2.75) is 104 Å². The molecule has 0 unspecified atom stereocenters. The van der Waals surface area contributed by atoms with Crippen LogP contribution >= 0.6 is 0 Å². The fourth-order valence-corrected chi connectivity index (χ4v) is 9.42. The minimum absolute atomic E-state index is 0.0481. The SMILES string of the molecule is C/C=C(\C)C(=O)O[C@H]1C(C)(C)[C@H]([C@@H](OC(C)=O)C(=O)OC)[C@]2(C)C(=O)[C@@]1(O)[C@@H](OC(C)=O)C1=C3[C@@H](O)C(=O)O[C@@H](c4ccoc4)[C@]3(C)CC[C@@H]12. The first-order valence-corrected chi connectivity index (χ1v) is 16.4. The average Bonchev–Trinajstić information content (AvgIpc) is 3.58. The molecule has 10 atom stereocenters. The third kappa shape index (κ3) is 5.12. The second-order valence-corrected chi connectivity index (χ2v) is 14.7. The third-order valence-electron chi connectivity index (χ3n) is 11.5. The summed E-state index contributed by atoms with van der Waals surface area (Å²) in [6, 6.07) is 1.60. The Hall–Kier alpha value is -4.30. The van der Waals surface area contributed by atoms with Crippen LogP contribution in [0.1, 0.15) is 79.9 Å². The zero-order valence-corrected chi connectivity index (χ0v) is 29.6. The quantitative estimate of drug-likeness (QED) is 0.182. The Kier molecular flexibility index (Phi) is 9.23. The van der Waals surface area contributed by atoms with Gasteiger partial charge in [-0.15, -0.1) is 0 Å². The van der Waals surface area contributed by atoms with Crippen molar-refractivity contribution in [1.29, 1.82) is 0 Å². The predicted octanol–water partition coefficient (Wildman–Crippen LogP) is 2.84. The molecule has 0 amide bonds. The van der Waals surface area contributed by atoms with Crippen molar-refractivity contribution in [1.82, 2.24) is 0 Å². The van der Waals surface area contributed by atoms with E-state index in [4.69, 9.17) is 28.1 Å². The standard InChI is InChI=1S/C36H44O14/c1-10-16(2)28(40)50-32-33(5,6)25(24(30(42)45-9)47-17(3)37)35(8)20-11-13-34(7)22(21(20)27(48-18(4)38)36(32,44)31(35)43)23(39)29(41)49-26(34)19-12-14-46-15-19/h10,12,14-15,20,23-27,32,39,44H,11,13H2,1-9H3/b16-10+/t20-,23+,24+,25-,26-,27-,32-,34+,35+,36-/m0/s1. The number of hydrogen-bond donors (Lipinski definition) is 2. The van der Waals surface area contributed by atoms with Gasteiger partial charge in [-0.25, -0.2) is 14.4 Å². The number of carbonyl (C=O) groups is 6. The summed E-state index contributed by atoms with van der Waals surface area (Å²) in [4.78, 5) is 81.2. The molecule has 2 heterocycles. The lowest BCUT2D eigenvalue weighted by molar-refractivity contribution is -0.267. The number of carbonyl (C=O) groups excluding carboxylic acids is 6. The van der Waals surface area contributed by atoms with Crippen LogP contribution in [0.5, 0.6) is 0 Å². The maximum atomic E-state index is 15.2. The number of fused-ring (bicyclic) bond motifs is 5. The molecule has 2 bridgehead atoms.